The Morgan fingerprint density at radius 1 is 1.00 bits per heavy atom. The molecule has 0 saturated carbocycles. The summed E-state index contributed by atoms with van der Waals surface area (Å²) in [6.07, 6.45) is 3.67. The molecule has 0 aliphatic carbocycles. The Kier molecular flexibility index (Phi) is 5.22. The van der Waals surface area contributed by atoms with Gasteiger partial charge in [-0.2, -0.15) is 0 Å². The van der Waals surface area contributed by atoms with Crippen molar-refractivity contribution in [1.82, 2.24) is 5.32 Å². The molecule has 0 spiro atoms. The highest BCUT2D eigenvalue weighted by atomic mass is 16.3. The van der Waals surface area contributed by atoms with Gasteiger partial charge in [0.15, 0.2) is 0 Å². The molecule has 0 saturated heterocycles. The molecule has 0 radical (unpaired) electrons. The van der Waals surface area contributed by atoms with Gasteiger partial charge in [-0.25, -0.2) is 0 Å². The van der Waals surface area contributed by atoms with Gasteiger partial charge in [0.1, 0.15) is 11.5 Å². The first-order chi connectivity index (χ1) is 9.33. The smallest absolute Gasteiger partial charge is 0.134 e. The Labute approximate surface area is 115 Å². The van der Waals surface area contributed by atoms with Crippen molar-refractivity contribution in [3.05, 3.63) is 47.7 Å². The second-order valence-electron chi connectivity index (χ2n) is 4.85. The Morgan fingerprint density at radius 3 is 2.47 bits per heavy atom. The highest BCUT2D eigenvalue weighted by molar-refractivity contribution is 5.57. The average molecular weight is 257 g/mol. The fourth-order valence-corrected chi connectivity index (χ4v) is 2.09. The van der Waals surface area contributed by atoms with Gasteiger partial charge in [0.05, 0.1) is 6.54 Å². The van der Waals surface area contributed by atoms with E-state index in [1.807, 2.05) is 12.1 Å². The van der Waals surface area contributed by atoms with Crippen molar-refractivity contribution in [2.24, 2.45) is 0 Å². The summed E-state index contributed by atoms with van der Waals surface area (Å²) in [4.78, 5) is 0. The number of hydrogen-bond donors (Lipinski definition) is 1. The fraction of sp³-hybridized carbons (Fsp3) is 0.412. The fourth-order valence-electron chi connectivity index (χ4n) is 2.09. The number of unbranched alkanes of at least 4 members (excludes halogenated alkanes) is 1. The minimum Gasteiger partial charge on any atom is -0.460 e. The van der Waals surface area contributed by atoms with E-state index >= 15 is 0 Å². The molecule has 0 unspecified atom stereocenters. The normalized spacial score (nSPS) is 10.8. The third-order valence-electron chi connectivity index (χ3n) is 3.27. The first-order valence-electron chi connectivity index (χ1n) is 7.22. The van der Waals surface area contributed by atoms with Crippen LogP contribution in [0.15, 0.2) is 40.8 Å². The lowest BCUT2D eigenvalue weighted by Gasteiger charge is -2.02. The molecule has 1 aromatic carbocycles. The molecule has 1 N–H and O–H groups in total. The van der Waals surface area contributed by atoms with Crippen LogP contribution in [0.25, 0.3) is 11.3 Å². The monoisotopic (exact) mass is 257 g/mol. The molecule has 0 aliphatic heterocycles. The molecule has 102 valence electrons. The minimum atomic E-state index is 0.797. The highest BCUT2D eigenvalue weighted by Crippen LogP contribution is 2.23. The van der Waals surface area contributed by atoms with E-state index in [-0.39, 0.29) is 0 Å². The van der Waals surface area contributed by atoms with Crippen LogP contribution in [-0.2, 0) is 13.0 Å². The predicted molar refractivity (Wildman–Crippen MR) is 80.1 cm³/mol. The van der Waals surface area contributed by atoms with Crippen molar-refractivity contribution in [2.45, 2.75) is 39.7 Å². The van der Waals surface area contributed by atoms with Gasteiger partial charge in [0.25, 0.3) is 0 Å². The molecule has 0 aliphatic rings. The lowest BCUT2D eigenvalue weighted by Crippen LogP contribution is -2.10. The van der Waals surface area contributed by atoms with Gasteiger partial charge >= 0.3 is 0 Å². The molecule has 0 bridgehead atoms. The molecule has 2 rings (SSSR count). The van der Waals surface area contributed by atoms with Gasteiger partial charge in [-0.15, -0.1) is 0 Å². The Balaban J connectivity index is 2.02. The van der Waals surface area contributed by atoms with E-state index in [4.69, 9.17) is 4.42 Å². The van der Waals surface area contributed by atoms with E-state index in [2.05, 4.69) is 43.4 Å². The Morgan fingerprint density at radius 2 is 1.79 bits per heavy atom. The van der Waals surface area contributed by atoms with Gasteiger partial charge in [-0.1, -0.05) is 44.5 Å². The lowest BCUT2D eigenvalue weighted by molar-refractivity contribution is 0.498. The van der Waals surface area contributed by atoms with Crippen molar-refractivity contribution >= 4 is 0 Å². The molecule has 2 aromatic rings. The van der Waals surface area contributed by atoms with Crippen molar-refractivity contribution in [3.63, 3.8) is 0 Å². The summed E-state index contributed by atoms with van der Waals surface area (Å²) < 4.78 is 5.83. The van der Waals surface area contributed by atoms with Gasteiger partial charge in [0, 0.05) is 5.56 Å². The molecule has 0 fully saturated rings. The molecule has 0 amide bonds. The van der Waals surface area contributed by atoms with Crippen LogP contribution in [-0.4, -0.2) is 6.54 Å². The Bertz CT molecular complexity index is 484. The zero-order valence-electron chi connectivity index (χ0n) is 11.9. The first kappa shape index (κ1) is 13.9. The number of rotatable bonds is 7. The van der Waals surface area contributed by atoms with Crippen molar-refractivity contribution in [3.8, 4) is 11.3 Å². The van der Waals surface area contributed by atoms with Gasteiger partial charge < -0.3 is 9.73 Å². The van der Waals surface area contributed by atoms with Crippen LogP contribution >= 0.6 is 0 Å². The van der Waals surface area contributed by atoms with Gasteiger partial charge in [-0.3, -0.25) is 0 Å². The number of nitrogens with one attached hydrogen (secondary N) is 1. The molecule has 2 nitrogen and oxygen atoms in total. The van der Waals surface area contributed by atoms with Crippen molar-refractivity contribution in [2.75, 3.05) is 6.54 Å². The summed E-state index contributed by atoms with van der Waals surface area (Å²) in [5.41, 5.74) is 2.56. The topological polar surface area (TPSA) is 25.2 Å². The summed E-state index contributed by atoms with van der Waals surface area (Å²) in [5, 5.41) is 3.27. The zero-order chi connectivity index (χ0) is 13.5. The maximum absolute atomic E-state index is 5.83. The van der Waals surface area contributed by atoms with E-state index in [9.17, 15) is 0 Å². The van der Waals surface area contributed by atoms with Crippen molar-refractivity contribution in [1.29, 1.82) is 0 Å². The van der Waals surface area contributed by atoms with E-state index in [1.54, 1.807) is 0 Å². The van der Waals surface area contributed by atoms with Gasteiger partial charge in [0.2, 0.25) is 0 Å². The molecule has 2 heteroatoms. The summed E-state index contributed by atoms with van der Waals surface area (Å²) in [6, 6.07) is 12.8. The number of aryl methyl sites for hydroxylation is 1. The van der Waals surface area contributed by atoms with E-state index in [0.717, 1.165) is 30.2 Å². The van der Waals surface area contributed by atoms with Crippen LogP contribution in [0, 0.1) is 0 Å². The summed E-state index contributed by atoms with van der Waals surface area (Å²) >= 11 is 0. The van der Waals surface area contributed by atoms with Crippen LogP contribution in [0.3, 0.4) is 0 Å². The molecule has 19 heavy (non-hydrogen) atoms. The van der Waals surface area contributed by atoms with E-state index in [0.29, 0.717) is 0 Å². The molecule has 1 aromatic heterocycles. The van der Waals surface area contributed by atoms with Crippen LogP contribution < -0.4 is 5.32 Å². The highest BCUT2D eigenvalue weighted by Gasteiger charge is 2.04. The maximum Gasteiger partial charge on any atom is 0.134 e. The molecular formula is C17H23NO. The van der Waals surface area contributed by atoms with Crippen LogP contribution in [0.4, 0.5) is 0 Å². The Hall–Kier alpha value is -1.54. The minimum absolute atomic E-state index is 0.797. The van der Waals surface area contributed by atoms with Crippen LogP contribution in [0.2, 0.25) is 0 Å². The molecule has 1 heterocycles. The standard InChI is InChI=1S/C17H23NO/c1-3-5-6-14-7-9-15(10-8-14)17-12-11-16(19-17)13-18-4-2/h7-12,18H,3-6,13H2,1-2H3. The average Bonchev–Trinajstić information content (AvgIpc) is 2.92. The van der Waals surface area contributed by atoms with Gasteiger partial charge in [-0.05, 0) is 37.1 Å². The first-order valence-corrected chi connectivity index (χ1v) is 7.22. The third-order valence-corrected chi connectivity index (χ3v) is 3.27. The SMILES string of the molecule is CCCCc1ccc(-c2ccc(CNCC)o2)cc1. The summed E-state index contributed by atoms with van der Waals surface area (Å²) in [5.74, 6) is 1.95. The molecule has 0 atom stereocenters. The van der Waals surface area contributed by atoms with Crippen molar-refractivity contribution < 1.29 is 4.42 Å². The predicted octanol–water partition coefficient (Wildman–Crippen LogP) is 4.40. The summed E-state index contributed by atoms with van der Waals surface area (Å²) in [6.45, 7) is 6.08. The lowest BCUT2D eigenvalue weighted by atomic mass is 10.1. The van der Waals surface area contributed by atoms with Crippen LogP contribution in [0.5, 0.6) is 0 Å². The zero-order valence-corrected chi connectivity index (χ0v) is 11.9. The number of furan rings is 1. The number of hydrogen-bond acceptors (Lipinski definition) is 2. The largest absolute Gasteiger partial charge is 0.460 e. The van der Waals surface area contributed by atoms with E-state index < -0.39 is 0 Å². The summed E-state index contributed by atoms with van der Waals surface area (Å²) in [7, 11) is 0. The second kappa shape index (κ2) is 7.15. The maximum atomic E-state index is 5.83. The number of benzene rings is 1. The molecular weight excluding hydrogens is 234 g/mol. The quantitative estimate of drug-likeness (QED) is 0.795. The third kappa shape index (κ3) is 3.97. The van der Waals surface area contributed by atoms with E-state index in [1.165, 1.54) is 24.8 Å². The van der Waals surface area contributed by atoms with Crippen LogP contribution in [0.1, 0.15) is 38.0 Å². The second-order valence-corrected chi connectivity index (χ2v) is 4.85.